The van der Waals surface area contributed by atoms with Crippen molar-refractivity contribution in [2.24, 2.45) is 0 Å². The highest BCUT2D eigenvalue weighted by atomic mass is 16.5. The van der Waals surface area contributed by atoms with Crippen molar-refractivity contribution in [3.05, 3.63) is 66.5 Å². The molecule has 3 rings (SSSR count). The highest BCUT2D eigenvalue weighted by Crippen LogP contribution is 2.30. The molecule has 0 bridgehead atoms. The lowest BCUT2D eigenvalue weighted by Gasteiger charge is -2.36. The van der Waals surface area contributed by atoms with Gasteiger partial charge in [0.05, 0.1) is 11.9 Å². The standard InChI is InChI=1S/C16H17N3O2/c20-15(11-13-12-17-19-18-13)16(9-5-2-6-10-16)21-14-7-3-1-4-8-14/h1-9,12,15,20H,10-11H2,(H,17,18,19). The van der Waals surface area contributed by atoms with Crippen molar-refractivity contribution in [3.8, 4) is 5.75 Å². The Kier molecular flexibility index (Phi) is 3.83. The molecule has 1 aromatic heterocycles. The lowest BCUT2D eigenvalue weighted by Crippen LogP contribution is -2.47. The van der Waals surface area contributed by atoms with E-state index in [1.807, 2.05) is 54.6 Å². The number of hydrogen-bond acceptors (Lipinski definition) is 4. The van der Waals surface area contributed by atoms with Crippen LogP contribution in [0.5, 0.6) is 5.75 Å². The van der Waals surface area contributed by atoms with Crippen molar-refractivity contribution in [1.82, 2.24) is 15.4 Å². The predicted molar refractivity (Wildman–Crippen MR) is 78.8 cm³/mol. The molecule has 1 heterocycles. The van der Waals surface area contributed by atoms with E-state index in [0.29, 0.717) is 18.5 Å². The number of allylic oxidation sites excluding steroid dienone is 2. The molecule has 0 saturated heterocycles. The Morgan fingerprint density at radius 3 is 2.81 bits per heavy atom. The van der Waals surface area contributed by atoms with Crippen LogP contribution in [0.3, 0.4) is 0 Å². The average Bonchev–Trinajstić information content (AvgIpc) is 3.02. The summed E-state index contributed by atoms with van der Waals surface area (Å²) < 4.78 is 6.11. The third kappa shape index (κ3) is 3.03. The third-order valence-corrected chi connectivity index (χ3v) is 3.54. The quantitative estimate of drug-likeness (QED) is 0.881. The van der Waals surface area contributed by atoms with Crippen LogP contribution >= 0.6 is 0 Å². The van der Waals surface area contributed by atoms with E-state index in [2.05, 4.69) is 15.4 Å². The van der Waals surface area contributed by atoms with Gasteiger partial charge in [0.2, 0.25) is 0 Å². The molecule has 0 saturated carbocycles. The monoisotopic (exact) mass is 283 g/mol. The number of para-hydroxylation sites is 1. The zero-order valence-electron chi connectivity index (χ0n) is 11.5. The second-order valence-electron chi connectivity index (χ2n) is 5.04. The first kappa shape index (κ1) is 13.6. The van der Waals surface area contributed by atoms with Crippen LogP contribution in [0.1, 0.15) is 12.1 Å². The summed E-state index contributed by atoms with van der Waals surface area (Å²) in [4.78, 5) is 0. The van der Waals surface area contributed by atoms with Gasteiger partial charge in [-0.15, -0.1) is 0 Å². The molecule has 0 aliphatic heterocycles. The Balaban J connectivity index is 1.83. The molecule has 0 radical (unpaired) electrons. The lowest BCUT2D eigenvalue weighted by atomic mass is 9.86. The van der Waals surface area contributed by atoms with Crippen LogP contribution in [-0.2, 0) is 6.42 Å². The van der Waals surface area contributed by atoms with Gasteiger partial charge in [0.1, 0.15) is 11.9 Å². The smallest absolute Gasteiger partial charge is 0.157 e. The molecule has 21 heavy (non-hydrogen) atoms. The van der Waals surface area contributed by atoms with Gasteiger partial charge in [0.25, 0.3) is 0 Å². The van der Waals surface area contributed by atoms with Gasteiger partial charge in [0.15, 0.2) is 5.60 Å². The number of benzene rings is 1. The van der Waals surface area contributed by atoms with E-state index in [0.717, 1.165) is 5.75 Å². The molecule has 2 aromatic rings. The molecule has 0 fully saturated rings. The number of hydrogen-bond donors (Lipinski definition) is 2. The van der Waals surface area contributed by atoms with Crippen LogP contribution in [0, 0.1) is 0 Å². The highest BCUT2D eigenvalue weighted by Gasteiger charge is 2.38. The summed E-state index contributed by atoms with van der Waals surface area (Å²) in [5, 5.41) is 21.0. The van der Waals surface area contributed by atoms with Crippen LogP contribution in [-0.4, -0.2) is 32.2 Å². The fourth-order valence-corrected chi connectivity index (χ4v) is 2.41. The second kappa shape index (κ2) is 5.93. The van der Waals surface area contributed by atoms with Gasteiger partial charge >= 0.3 is 0 Å². The maximum Gasteiger partial charge on any atom is 0.157 e. The fourth-order valence-electron chi connectivity index (χ4n) is 2.41. The molecule has 2 unspecified atom stereocenters. The van der Waals surface area contributed by atoms with Gasteiger partial charge in [-0.05, 0) is 18.2 Å². The molecule has 2 atom stereocenters. The number of nitrogens with one attached hydrogen (secondary N) is 1. The number of aliphatic hydroxyl groups is 1. The second-order valence-corrected chi connectivity index (χ2v) is 5.04. The summed E-state index contributed by atoms with van der Waals surface area (Å²) in [6, 6.07) is 9.53. The molecule has 1 aliphatic rings. The van der Waals surface area contributed by atoms with E-state index in [-0.39, 0.29) is 0 Å². The van der Waals surface area contributed by atoms with Crippen molar-refractivity contribution in [2.75, 3.05) is 0 Å². The van der Waals surface area contributed by atoms with Gasteiger partial charge in [-0.2, -0.15) is 15.4 Å². The molecule has 0 spiro atoms. The topological polar surface area (TPSA) is 71.0 Å². The van der Waals surface area contributed by atoms with Crippen molar-refractivity contribution in [1.29, 1.82) is 0 Å². The highest BCUT2D eigenvalue weighted by molar-refractivity contribution is 5.28. The van der Waals surface area contributed by atoms with E-state index < -0.39 is 11.7 Å². The van der Waals surface area contributed by atoms with Crippen molar-refractivity contribution in [2.45, 2.75) is 24.5 Å². The Morgan fingerprint density at radius 1 is 1.29 bits per heavy atom. The Hall–Kier alpha value is -2.40. The number of H-pyrrole nitrogens is 1. The minimum Gasteiger partial charge on any atom is -0.480 e. The summed E-state index contributed by atoms with van der Waals surface area (Å²) in [5.74, 6) is 0.733. The van der Waals surface area contributed by atoms with Crippen molar-refractivity contribution in [3.63, 3.8) is 0 Å². The van der Waals surface area contributed by atoms with Gasteiger partial charge in [-0.25, -0.2) is 0 Å². The van der Waals surface area contributed by atoms with E-state index in [4.69, 9.17) is 4.74 Å². The number of ether oxygens (including phenoxy) is 1. The molecule has 5 heteroatoms. The van der Waals surface area contributed by atoms with Crippen LogP contribution in [0.2, 0.25) is 0 Å². The number of aromatic nitrogens is 3. The van der Waals surface area contributed by atoms with Crippen LogP contribution in [0.15, 0.2) is 60.8 Å². The maximum atomic E-state index is 10.7. The van der Waals surface area contributed by atoms with Crippen LogP contribution in [0.4, 0.5) is 0 Å². The Bertz CT molecular complexity index is 622. The first-order chi connectivity index (χ1) is 10.3. The van der Waals surface area contributed by atoms with Crippen LogP contribution < -0.4 is 4.74 Å². The maximum absolute atomic E-state index is 10.7. The molecular formula is C16H17N3O2. The van der Waals surface area contributed by atoms with Gasteiger partial charge < -0.3 is 9.84 Å². The zero-order valence-corrected chi connectivity index (χ0v) is 11.5. The molecule has 5 nitrogen and oxygen atoms in total. The molecule has 0 amide bonds. The number of aromatic amines is 1. The van der Waals surface area contributed by atoms with E-state index in [1.54, 1.807) is 6.20 Å². The average molecular weight is 283 g/mol. The number of aliphatic hydroxyl groups excluding tert-OH is 1. The zero-order chi connectivity index (χ0) is 14.5. The number of rotatable bonds is 5. The normalized spacial score (nSPS) is 22.1. The van der Waals surface area contributed by atoms with E-state index in [9.17, 15) is 5.11 Å². The minimum absolute atomic E-state index is 0.377. The molecule has 1 aliphatic carbocycles. The fraction of sp³-hybridized carbons (Fsp3) is 0.250. The summed E-state index contributed by atoms with van der Waals surface area (Å²) in [7, 11) is 0. The van der Waals surface area contributed by atoms with Gasteiger partial charge in [-0.3, -0.25) is 0 Å². The summed E-state index contributed by atoms with van der Waals surface area (Å²) in [6.45, 7) is 0. The molecule has 1 aromatic carbocycles. The first-order valence-corrected chi connectivity index (χ1v) is 6.90. The van der Waals surface area contributed by atoms with Crippen molar-refractivity contribution >= 4 is 0 Å². The van der Waals surface area contributed by atoms with E-state index in [1.165, 1.54) is 0 Å². The largest absolute Gasteiger partial charge is 0.480 e. The Morgan fingerprint density at radius 2 is 2.14 bits per heavy atom. The van der Waals surface area contributed by atoms with Crippen LogP contribution in [0.25, 0.3) is 0 Å². The van der Waals surface area contributed by atoms with Gasteiger partial charge in [0, 0.05) is 12.8 Å². The molecular weight excluding hydrogens is 266 g/mol. The molecule has 108 valence electrons. The van der Waals surface area contributed by atoms with Crippen molar-refractivity contribution < 1.29 is 9.84 Å². The predicted octanol–water partition coefficient (Wildman–Crippen LogP) is 2.04. The minimum atomic E-state index is -0.783. The lowest BCUT2D eigenvalue weighted by molar-refractivity contribution is -0.0187. The van der Waals surface area contributed by atoms with Gasteiger partial charge in [-0.1, -0.05) is 36.4 Å². The third-order valence-electron chi connectivity index (χ3n) is 3.54. The Labute approximate surface area is 123 Å². The summed E-state index contributed by atoms with van der Waals surface area (Å²) in [6.07, 6.45) is 9.64. The number of nitrogens with zero attached hydrogens (tertiary/aromatic N) is 2. The first-order valence-electron chi connectivity index (χ1n) is 6.90. The summed E-state index contributed by atoms with van der Waals surface area (Å²) in [5.41, 5.74) is -0.0730. The molecule has 2 N–H and O–H groups in total. The summed E-state index contributed by atoms with van der Waals surface area (Å²) >= 11 is 0. The van der Waals surface area contributed by atoms with E-state index >= 15 is 0 Å². The SMILES string of the molecule is OC(Cc1cn[nH]n1)C1(Oc2ccccc2)C=CC=CC1.